The maximum atomic E-state index is 12.1. The van der Waals surface area contributed by atoms with Gasteiger partial charge in [0.05, 0.1) is 10.7 Å². The fourth-order valence-electron chi connectivity index (χ4n) is 1.87. The zero-order chi connectivity index (χ0) is 14.7. The number of benzene rings is 1. The zero-order valence-corrected chi connectivity index (χ0v) is 12.6. The van der Waals surface area contributed by atoms with Crippen molar-refractivity contribution in [1.29, 1.82) is 0 Å². The van der Waals surface area contributed by atoms with Gasteiger partial charge < -0.3 is 5.32 Å². The van der Waals surface area contributed by atoms with Gasteiger partial charge in [-0.2, -0.15) is 5.10 Å². The summed E-state index contributed by atoms with van der Waals surface area (Å²) in [5.41, 5.74) is 2.06. The normalized spacial score (nSPS) is 10.8. The molecule has 0 saturated heterocycles. The molecule has 5 heteroatoms. The van der Waals surface area contributed by atoms with Crippen LogP contribution in [-0.4, -0.2) is 22.2 Å². The number of halogens is 1. The van der Waals surface area contributed by atoms with Gasteiger partial charge in [-0.15, -0.1) is 0 Å². The van der Waals surface area contributed by atoms with E-state index < -0.39 is 0 Å². The van der Waals surface area contributed by atoms with E-state index in [1.54, 1.807) is 17.8 Å². The van der Waals surface area contributed by atoms with Gasteiger partial charge in [0.1, 0.15) is 5.69 Å². The minimum Gasteiger partial charge on any atom is -0.350 e. The minimum atomic E-state index is -0.119. The number of carbonyl (C=O) groups excluding carboxylic acids is 1. The molecule has 0 atom stereocenters. The molecule has 1 aromatic carbocycles. The van der Waals surface area contributed by atoms with Crippen LogP contribution in [0.2, 0.25) is 5.02 Å². The second kappa shape index (κ2) is 6.09. The van der Waals surface area contributed by atoms with E-state index in [1.165, 1.54) is 0 Å². The van der Waals surface area contributed by atoms with Gasteiger partial charge in [0, 0.05) is 19.2 Å². The summed E-state index contributed by atoms with van der Waals surface area (Å²) < 4.78 is 1.58. The Labute approximate surface area is 123 Å². The molecule has 0 bridgehead atoms. The van der Waals surface area contributed by atoms with Crippen molar-refractivity contribution in [3.05, 3.63) is 41.0 Å². The number of nitrogens with zero attached hydrogens (tertiary/aromatic N) is 2. The molecular weight excluding hydrogens is 274 g/mol. The number of carbonyl (C=O) groups is 1. The summed E-state index contributed by atoms with van der Waals surface area (Å²) in [6.07, 6.45) is 0. The molecule has 0 aliphatic rings. The highest BCUT2D eigenvalue weighted by atomic mass is 35.5. The third-order valence-corrected chi connectivity index (χ3v) is 3.26. The molecule has 0 spiro atoms. The zero-order valence-electron chi connectivity index (χ0n) is 11.9. The SMILES string of the molecule is CC(C)CNC(=O)c1cc(-c2ccccc2Cl)nn1C. The summed E-state index contributed by atoms with van der Waals surface area (Å²) in [7, 11) is 1.75. The number of hydrogen-bond acceptors (Lipinski definition) is 2. The van der Waals surface area contributed by atoms with Crippen molar-refractivity contribution < 1.29 is 4.79 Å². The number of nitrogens with one attached hydrogen (secondary N) is 1. The van der Waals surface area contributed by atoms with E-state index in [0.717, 1.165) is 5.56 Å². The van der Waals surface area contributed by atoms with E-state index in [4.69, 9.17) is 11.6 Å². The quantitative estimate of drug-likeness (QED) is 0.941. The van der Waals surface area contributed by atoms with Gasteiger partial charge in [-0.1, -0.05) is 43.6 Å². The van der Waals surface area contributed by atoms with Crippen LogP contribution >= 0.6 is 11.6 Å². The number of amides is 1. The summed E-state index contributed by atoms with van der Waals surface area (Å²) in [6.45, 7) is 4.75. The van der Waals surface area contributed by atoms with Crippen LogP contribution in [0.5, 0.6) is 0 Å². The molecule has 0 aliphatic carbocycles. The van der Waals surface area contributed by atoms with Crippen LogP contribution in [0.15, 0.2) is 30.3 Å². The summed E-state index contributed by atoms with van der Waals surface area (Å²) in [5, 5.41) is 7.87. The largest absolute Gasteiger partial charge is 0.350 e. The highest BCUT2D eigenvalue weighted by Crippen LogP contribution is 2.26. The second-order valence-corrected chi connectivity index (χ2v) is 5.53. The van der Waals surface area contributed by atoms with Crippen LogP contribution in [-0.2, 0) is 7.05 Å². The topological polar surface area (TPSA) is 46.9 Å². The molecule has 1 N–H and O–H groups in total. The molecule has 0 radical (unpaired) electrons. The van der Waals surface area contributed by atoms with Crippen LogP contribution in [0.1, 0.15) is 24.3 Å². The van der Waals surface area contributed by atoms with E-state index in [2.05, 4.69) is 24.3 Å². The molecule has 2 rings (SSSR count). The summed E-state index contributed by atoms with van der Waals surface area (Å²) in [4.78, 5) is 12.1. The fraction of sp³-hybridized carbons (Fsp3) is 0.333. The summed E-state index contributed by atoms with van der Waals surface area (Å²) in [6, 6.07) is 9.22. The number of rotatable bonds is 4. The van der Waals surface area contributed by atoms with Gasteiger partial charge in [-0.05, 0) is 18.1 Å². The molecule has 2 aromatic rings. The fourth-order valence-corrected chi connectivity index (χ4v) is 2.10. The van der Waals surface area contributed by atoms with E-state index in [0.29, 0.717) is 28.9 Å². The first kappa shape index (κ1) is 14.6. The average molecular weight is 292 g/mol. The van der Waals surface area contributed by atoms with Crippen molar-refractivity contribution in [3.63, 3.8) is 0 Å². The first-order chi connectivity index (χ1) is 9.49. The number of hydrogen-bond donors (Lipinski definition) is 1. The Morgan fingerprint density at radius 2 is 2.10 bits per heavy atom. The Bertz CT molecular complexity index is 619. The smallest absolute Gasteiger partial charge is 0.269 e. The molecular formula is C15H18ClN3O. The Balaban J connectivity index is 2.26. The highest BCUT2D eigenvalue weighted by molar-refractivity contribution is 6.33. The lowest BCUT2D eigenvalue weighted by atomic mass is 10.1. The first-order valence-electron chi connectivity index (χ1n) is 6.56. The van der Waals surface area contributed by atoms with Gasteiger partial charge >= 0.3 is 0 Å². The van der Waals surface area contributed by atoms with E-state index in [1.807, 2.05) is 24.3 Å². The Morgan fingerprint density at radius 1 is 1.40 bits per heavy atom. The molecule has 1 aromatic heterocycles. The number of aromatic nitrogens is 2. The monoisotopic (exact) mass is 291 g/mol. The Hall–Kier alpha value is -1.81. The molecule has 0 aliphatic heterocycles. The lowest BCUT2D eigenvalue weighted by Crippen LogP contribution is -2.28. The van der Waals surface area contributed by atoms with Crippen LogP contribution < -0.4 is 5.32 Å². The lowest BCUT2D eigenvalue weighted by molar-refractivity contribution is 0.0939. The average Bonchev–Trinajstić information content (AvgIpc) is 2.78. The molecule has 1 heterocycles. The predicted molar refractivity (Wildman–Crippen MR) is 80.8 cm³/mol. The minimum absolute atomic E-state index is 0.119. The van der Waals surface area contributed by atoms with Crippen molar-refractivity contribution in [2.24, 2.45) is 13.0 Å². The van der Waals surface area contributed by atoms with Gasteiger partial charge in [0.15, 0.2) is 0 Å². The van der Waals surface area contributed by atoms with Crippen molar-refractivity contribution in [2.75, 3.05) is 6.54 Å². The molecule has 0 saturated carbocycles. The summed E-state index contributed by atoms with van der Waals surface area (Å²) in [5.74, 6) is 0.294. The van der Waals surface area contributed by atoms with Crippen LogP contribution in [0.25, 0.3) is 11.3 Å². The van der Waals surface area contributed by atoms with Crippen molar-refractivity contribution in [3.8, 4) is 11.3 Å². The predicted octanol–water partition coefficient (Wildman–Crippen LogP) is 3.13. The van der Waals surface area contributed by atoms with Gasteiger partial charge in [0.25, 0.3) is 5.91 Å². The standard InChI is InChI=1S/C15H18ClN3O/c1-10(2)9-17-15(20)14-8-13(18-19(14)3)11-6-4-5-7-12(11)16/h4-8,10H,9H2,1-3H3,(H,17,20). The van der Waals surface area contributed by atoms with Gasteiger partial charge in [0.2, 0.25) is 0 Å². The maximum absolute atomic E-state index is 12.1. The Kier molecular flexibility index (Phi) is 4.45. The Morgan fingerprint density at radius 3 is 2.75 bits per heavy atom. The number of aryl methyl sites for hydroxylation is 1. The molecule has 1 amide bonds. The molecule has 0 unspecified atom stereocenters. The second-order valence-electron chi connectivity index (χ2n) is 5.12. The third-order valence-electron chi connectivity index (χ3n) is 2.93. The molecule has 4 nitrogen and oxygen atoms in total. The van der Waals surface area contributed by atoms with E-state index in [-0.39, 0.29) is 5.91 Å². The van der Waals surface area contributed by atoms with Crippen molar-refractivity contribution in [2.45, 2.75) is 13.8 Å². The van der Waals surface area contributed by atoms with E-state index in [9.17, 15) is 4.79 Å². The lowest BCUT2D eigenvalue weighted by Gasteiger charge is -2.06. The highest BCUT2D eigenvalue weighted by Gasteiger charge is 2.15. The van der Waals surface area contributed by atoms with Crippen LogP contribution in [0.3, 0.4) is 0 Å². The molecule has 106 valence electrons. The van der Waals surface area contributed by atoms with Crippen molar-refractivity contribution >= 4 is 17.5 Å². The maximum Gasteiger partial charge on any atom is 0.269 e. The van der Waals surface area contributed by atoms with Crippen LogP contribution in [0, 0.1) is 5.92 Å². The van der Waals surface area contributed by atoms with Crippen molar-refractivity contribution in [1.82, 2.24) is 15.1 Å². The van der Waals surface area contributed by atoms with Gasteiger partial charge in [-0.3, -0.25) is 9.48 Å². The molecule has 0 fully saturated rings. The third kappa shape index (κ3) is 3.20. The van der Waals surface area contributed by atoms with Crippen LogP contribution in [0.4, 0.5) is 0 Å². The van der Waals surface area contributed by atoms with E-state index >= 15 is 0 Å². The first-order valence-corrected chi connectivity index (χ1v) is 6.94. The molecule has 20 heavy (non-hydrogen) atoms. The van der Waals surface area contributed by atoms with Gasteiger partial charge in [-0.25, -0.2) is 0 Å². The summed E-state index contributed by atoms with van der Waals surface area (Å²) >= 11 is 6.15.